The Morgan fingerprint density at radius 1 is 0.966 bits per heavy atom. The van der Waals surface area contributed by atoms with Gasteiger partial charge in [-0.15, -0.1) is 0 Å². The number of nitrogens with one attached hydrogen (secondary N) is 1. The zero-order chi connectivity index (χ0) is 21.2. The molecule has 29 heavy (non-hydrogen) atoms. The number of likely N-dealkylation sites (tertiary alicyclic amines) is 1. The van der Waals surface area contributed by atoms with Gasteiger partial charge in [0.05, 0.1) is 26.7 Å². The average molecular weight is 455 g/mol. The van der Waals surface area contributed by atoms with Gasteiger partial charge in [0.25, 0.3) is 11.8 Å². The van der Waals surface area contributed by atoms with E-state index in [0.717, 1.165) is 25.5 Å². The highest BCUT2D eigenvalue weighted by Gasteiger charge is 2.23. The number of hydrogen-bond donors (Lipinski definition) is 1. The Morgan fingerprint density at radius 2 is 1.66 bits per heavy atom. The van der Waals surface area contributed by atoms with Gasteiger partial charge in [-0.3, -0.25) is 9.59 Å². The van der Waals surface area contributed by atoms with Gasteiger partial charge in [-0.1, -0.05) is 23.2 Å². The van der Waals surface area contributed by atoms with E-state index >= 15 is 0 Å². The van der Waals surface area contributed by atoms with E-state index in [4.69, 9.17) is 23.2 Å². The molecule has 1 fully saturated rings. The molecule has 0 radical (unpaired) electrons. The monoisotopic (exact) mass is 454 g/mol. The van der Waals surface area contributed by atoms with Crippen molar-refractivity contribution in [3.63, 3.8) is 0 Å². The van der Waals surface area contributed by atoms with Crippen molar-refractivity contribution in [3.05, 3.63) is 57.6 Å². The number of piperidine rings is 1. The first-order chi connectivity index (χ1) is 13.7. The summed E-state index contributed by atoms with van der Waals surface area (Å²) in [4.78, 5) is 27.5. The zero-order valence-electron chi connectivity index (χ0n) is 15.7. The van der Waals surface area contributed by atoms with Crippen LogP contribution in [0.4, 0.5) is 5.69 Å². The van der Waals surface area contributed by atoms with Gasteiger partial charge in [-0.2, -0.15) is 0 Å². The van der Waals surface area contributed by atoms with Gasteiger partial charge in [0.1, 0.15) is 0 Å². The molecule has 0 aliphatic carbocycles. The molecule has 0 saturated carbocycles. The van der Waals surface area contributed by atoms with Crippen molar-refractivity contribution < 1.29 is 18.0 Å². The summed E-state index contributed by atoms with van der Waals surface area (Å²) in [6.07, 6.45) is 4.01. The molecule has 3 rings (SSSR count). The minimum absolute atomic E-state index is 0.00839. The quantitative estimate of drug-likeness (QED) is 0.746. The molecule has 0 spiro atoms. The van der Waals surface area contributed by atoms with Crippen molar-refractivity contribution in [1.82, 2.24) is 4.90 Å². The molecule has 154 valence electrons. The molecule has 1 aliphatic rings. The number of rotatable bonds is 4. The van der Waals surface area contributed by atoms with Gasteiger partial charge in [0.2, 0.25) is 0 Å². The van der Waals surface area contributed by atoms with Crippen LogP contribution in [-0.2, 0) is 9.84 Å². The molecule has 2 aromatic rings. The first-order valence-electron chi connectivity index (χ1n) is 9.06. The molecule has 0 aromatic heterocycles. The molecule has 0 unspecified atom stereocenters. The normalized spacial score (nSPS) is 14.5. The molecule has 0 atom stereocenters. The van der Waals surface area contributed by atoms with E-state index in [1.54, 1.807) is 17.0 Å². The number of carbonyl (C=O) groups is 2. The second-order valence-electron chi connectivity index (χ2n) is 6.91. The molecule has 9 heteroatoms. The number of sulfone groups is 1. The second kappa shape index (κ2) is 8.73. The number of anilines is 1. The maximum absolute atomic E-state index is 12.9. The van der Waals surface area contributed by atoms with E-state index in [0.29, 0.717) is 23.7 Å². The third kappa shape index (κ3) is 5.10. The summed E-state index contributed by atoms with van der Waals surface area (Å²) >= 11 is 12.2. The number of hydrogen-bond acceptors (Lipinski definition) is 4. The molecular formula is C20H20Cl2N2O4S. The van der Waals surface area contributed by atoms with E-state index in [-0.39, 0.29) is 27.1 Å². The largest absolute Gasteiger partial charge is 0.339 e. The Morgan fingerprint density at radius 3 is 2.31 bits per heavy atom. The van der Waals surface area contributed by atoms with Gasteiger partial charge in [-0.05, 0) is 55.7 Å². The minimum Gasteiger partial charge on any atom is -0.339 e. The van der Waals surface area contributed by atoms with Crippen molar-refractivity contribution in [2.75, 3.05) is 24.7 Å². The molecule has 1 heterocycles. The molecule has 1 N–H and O–H groups in total. The van der Waals surface area contributed by atoms with Gasteiger partial charge in [-0.25, -0.2) is 8.42 Å². The van der Waals surface area contributed by atoms with Gasteiger partial charge in [0.15, 0.2) is 9.84 Å². The molecule has 0 bridgehead atoms. The van der Waals surface area contributed by atoms with Crippen LogP contribution in [-0.4, -0.2) is 44.5 Å². The standard InChI is InChI=1S/C20H20Cl2N2O4S/c1-29(27,28)14-6-8-17(22)16(12-14)19(25)23-18-11-13(21)5-7-15(18)20(26)24-9-3-2-4-10-24/h5-8,11-12H,2-4,9-10H2,1H3,(H,23,25). The number of halogens is 2. The van der Waals surface area contributed by atoms with Crippen LogP contribution in [0.3, 0.4) is 0 Å². The first kappa shape index (κ1) is 21.6. The van der Waals surface area contributed by atoms with Gasteiger partial charge >= 0.3 is 0 Å². The lowest BCUT2D eigenvalue weighted by Gasteiger charge is -2.27. The van der Waals surface area contributed by atoms with Gasteiger partial charge in [0, 0.05) is 24.4 Å². The lowest BCUT2D eigenvalue weighted by atomic mass is 10.1. The fourth-order valence-corrected chi connectivity index (χ4v) is 4.20. The van der Waals surface area contributed by atoms with E-state index in [1.807, 2.05) is 0 Å². The van der Waals surface area contributed by atoms with E-state index in [1.165, 1.54) is 24.3 Å². The van der Waals surface area contributed by atoms with Crippen LogP contribution in [0.2, 0.25) is 10.0 Å². The van der Waals surface area contributed by atoms with Crippen LogP contribution in [0.15, 0.2) is 41.3 Å². The summed E-state index contributed by atoms with van der Waals surface area (Å²) in [6.45, 7) is 1.33. The van der Waals surface area contributed by atoms with Gasteiger partial charge < -0.3 is 10.2 Å². The Labute approximate surface area is 179 Å². The minimum atomic E-state index is -3.51. The highest BCUT2D eigenvalue weighted by atomic mass is 35.5. The second-order valence-corrected chi connectivity index (χ2v) is 9.77. The molecule has 1 aliphatic heterocycles. The van der Waals surface area contributed by atoms with Crippen LogP contribution in [0.1, 0.15) is 40.0 Å². The Balaban J connectivity index is 1.93. The van der Waals surface area contributed by atoms with Crippen LogP contribution in [0.5, 0.6) is 0 Å². The Bertz CT molecular complexity index is 1060. The summed E-state index contributed by atoms with van der Waals surface area (Å²) in [5, 5.41) is 3.11. The van der Waals surface area contributed by atoms with Crippen molar-refractivity contribution in [1.29, 1.82) is 0 Å². The summed E-state index contributed by atoms with van der Waals surface area (Å²) in [5.74, 6) is -0.817. The van der Waals surface area contributed by atoms with Crippen molar-refractivity contribution in [2.45, 2.75) is 24.2 Å². The molecule has 2 amide bonds. The van der Waals surface area contributed by atoms with E-state index < -0.39 is 15.7 Å². The third-order valence-electron chi connectivity index (χ3n) is 4.71. The third-order valence-corrected chi connectivity index (χ3v) is 6.39. The molecule has 1 saturated heterocycles. The van der Waals surface area contributed by atoms with E-state index in [2.05, 4.69) is 5.32 Å². The summed E-state index contributed by atoms with van der Waals surface area (Å²) < 4.78 is 23.6. The molecule has 2 aromatic carbocycles. The predicted molar refractivity (Wildman–Crippen MR) is 114 cm³/mol. The van der Waals surface area contributed by atoms with E-state index in [9.17, 15) is 18.0 Å². The summed E-state index contributed by atoms with van der Waals surface area (Å²) in [7, 11) is -3.51. The fourth-order valence-electron chi connectivity index (χ4n) is 3.17. The predicted octanol–water partition coefficient (Wildman–Crippen LogP) is 4.28. The first-order valence-corrected chi connectivity index (χ1v) is 11.7. The SMILES string of the molecule is CS(=O)(=O)c1ccc(Cl)c(C(=O)Nc2cc(Cl)ccc2C(=O)N2CCCCC2)c1. The number of carbonyl (C=O) groups excluding carboxylic acids is 2. The van der Waals surface area contributed by atoms with Crippen LogP contribution in [0, 0.1) is 0 Å². The lowest BCUT2D eigenvalue weighted by molar-refractivity contribution is 0.0725. The topological polar surface area (TPSA) is 83.5 Å². The zero-order valence-corrected chi connectivity index (χ0v) is 18.1. The van der Waals surface area contributed by atoms with Crippen LogP contribution < -0.4 is 5.32 Å². The fraction of sp³-hybridized carbons (Fsp3) is 0.300. The Kier molecular flexibility index (Phi) is 6.51. The summed E-state index contributed by atoms with van der Waals surface area (Å²) in [5.41, 5.74) is 0.560. The summed E-state index contributed by atoms with van der Waals surface area (Å²) in [6, 6.07) is 8.55. The smallest absolute Gasteiger partial charge is 0.257 e. The Hall–Kier alpha value is -2.09. The van der Waals surface area contributed by atoms with Crippen molar-refractivity contribution in [2.24, 2.45) is 0 Å². The maximum Gasteiger partial charge on any atom is 0.257 e. The van der Waals surface area contributed by atoms with Crippen LogP contribution >= 0.6 is 23.2 Å². The highest BCUT2D eigenvalue weighted by molar-refractivity contribution is 7.90. The highest BCUT2D eigenvalue weighted by Crippen LogP contribution is 2.26. The average Bonchev–Trinajstić information content (AvgIpc) is 2.67. The molecule has 6 nitrogen and oxygen atoms in total. The lowest BCUT2D eigenvalue weighted by Crippen LogP contribution is -2.36. The van der Waals surface area contributed by atoms with Crippen LogP contribution in [0.25, 0.3) is 0 Å². The van der Waals surface area contributed by atoms with Crippen molar-refractivity contribution >= 4 is 50.5 Å². The number of benzene rings is 2. The van der Waals surface area contributed by atoms with Crippen molar-refractivity contribution in [3.8, 4) is 0 Å². The number of nitrogens with zero attached hydrogens (tertiary/aromatic N) is 1. The maximum atomic E-state index is 12.9. The number of amides is 2. The molecular weight excluding hydrogens is 435 g/mol.